The fraction of sp³-hybridized carbons (Fsp3) is 0.304. The molecule has 1 fully saturated rings. The van der Waals surface area contributed by atoms with E-state index in [1.165, 1.54) is 0 Å². The molecule has 1 atom stereocenters. The lowest BCUT2D eigenvalue weighted by Gasteiger charge is -2.30. The van der Waals surface area contributed by atoms with Crippen LogP contribution in [0.4, 0.5) is 0 Å². The van der Waals surface area contributed by atoms with Crippen LogP contribution in [0, 0.1) is 6.92 Å². The first kappa shape index (κ1) is 17.8. The van der Waals surface area contributed by atoms with Gasteiger partial charge in [-0.15, -0.1) is 0 Å². The molecule has 0 bridgehead atoms. The van der Waals surface area contributed by atoms with Crippen molar-refractivity contribution in [3.05, 3.63) is 71.1 Å². The summed E-state index contributed by atoms with van der Waals surface area (Å²) in [4.78, 5) is 28.0. The van der Waals surface area contributed by atoms with Crippen LogP contribution in [0.2, 0.25) is 0 Å². The molecule has 3 heterocycles. The molecular formula is C23H21NO5. The first-order valence-electron chi connectivity index (χ1n) is 9.90. The maximum Gasteiger partial charge on any atom is 0.290 e. The van der Waals surface area contributed by atoms with Crippen LogP contribution in [0.1, 0.15) is 53.8 Å². The lowest BCUT2D eigenvalue weighted by Crippen LogP contribution is -2.38. The highest BCUT2D eigenvalue weighted by atomic mass is 16.4. The molecule has 0 spiro atoms. The standard InChI is InChI=1S/C23H21NO5/c1-13-10-11-17(28-13)20-19(22(26)23(27)24(20)15-7-3-4-8-15)21(25)18-12-14-6-2-5-9-16(14)29-18/h2,5-6,9-12,15,20,26H,3-4,7-8H2,1H3. The molecule has 0 radical (unpaired) electrons. The first-order chi connectivity index (χ1) is 14.0. The Hall–Kier alpha value is -3.28. The van der Waals surface area contributed by atoms with E-state index in [0.717, 1.165) is 31.1 Å². The summed E-state index contributed by atoms with van der Waals surface area (Å²) in [5, 5.41) is 11.5. The number of furan rings is 2. The number of hydrogen-bond donors (Lipinski definition) is 1. The second-order valence-corrected chi connectivity index (χ2v) is 7.74. The first-order valence-corrected chi connectivity index (χ1v) is 9.90. The number of aliphatic hydroxyl groups is 1. The van der Waals surface area contributed by atoms with Crippen LogP contribution in [-0.4, -0.2) is 27.7 Å². The van der Waals surface area contributed by atoms with E-state index in [9.17, 15) is 14.7 Å². The Balaban J connectivity index is 1.61. The zero-order valence-corrected chi connectivity index (χ0v) is 16.1. The lowest BCUT2D eigenvalue weighted by molar-refractivity contribution is -0.132. The summed E-state index contributed by atoms with van der Waals surface area (Å²) in [7, 11) is 0. The minimum atomic E-state index is -0.750. The molecule has 1 aliphatic heterocycles. The molecule has 1 unspecified atom stereocenters. The van der Waals surface area contributed by atoms with Crippen LogP contribution < -0.4 is 0 Å². The number of carbonyl (C=O) groups is 2. The molecule has 1 amide bonds. The number of amides is 1. The van der Waals surface area contributed by atoms with Gasteiger partial charge in [0.25, 0.3) is 5.91 Å². The number of nitrogens with zero attached hydrogens (tertiary/aromatic N) is 1. The summed E-state index contributed by atoms with van der Waals surface area (Å²) >= 11 is 0. The highest BCUT2D eigenvalue weighted by Gasteiger charge is 2.49. The summed E-state index contributed by atoms with van der Waals surface area (Å²) in [6.07, 6.45) is 3.74. The Morgan fingerprint density at radius 3 is 2.55 bits per heavy atom. The van der Waals surface area contributed by atoms with E-state index in [-0.39, 0.29) is 17.4 Å². The minimum Gasteiger partial charge on any atom is -0.503 e. The van der Waals surface area contributed by atoms with Gasteiger partial charge in [-0.05, 0) is 44.0 Å². The zero-order valence-electron chi connectivity index (χ0n) is 16.1. The van der Waals surface area contributed by atoms with E-state index >= 15 is 0 Å². The molecule has 6 heteroatoms. The van der Waals surface area contributed by atoms with Gasteiger partial charge in [0.2, 0.25) is 5.78 Å². The molecule has 2 aromatic heterocycles. The average Bonchev–Trinajstić information content (AvgIpc) is 3.48. The van der Waals surface area contributed by atoms with Gasteiger partial charge >= 0.3 is 0 Å². The van der Waals surface area contributed by atoms with Crippen molar-refractivity contribution in [3.63, 3.8) is 0 Å². The Labute approximate surface area is 167 Å². The van der Waals surface area contributed by atoms with Crippen LogP contribution in [0.25, 0.3) is 11.0 Å². The highest BCUT2D eigenvalue weighted by molar-refractivity contribution is 6.16. The van der Waals surface area contributed by atoms with Crippen LogP contribution in [0.15, 0.2) is 62.6 Å². The van der Waals surface area contributed by atoms with Crippen molar-refractivity contribution in [3.8, 4) is 0 Å². The predicted molar refractivity (Wildman–Crippen MR) is 105 cm³/mol. The molecule has 1 N–H and O–H groups in total. The Morgan fingerprint density at radius 2 is 1.86 bits per heavy atom. The third-order valence-corrected chi connectivity index (χ3v) is 5.89. The number of Topliss-reactive ketones (excluding diaryl/α,β-unsaturated/α-hetero) is 1. The Kier molecular flexibility index (Phi) is 4.08. The number of carbonyl (C=O) groups excluding carboxylic acids is 2. The van der Waals surface area contributed by atoms with Crippen molar-refractivity contribution in [2.24, 2.45) is 0 Å². The number of para-hydroxylation sites is 1. The number of hydrogen-bond acceptors (Lipinski definition) is 5. The van der Waals surface area contributed by atoms with Gasteiger partial charge in [0.15, 0.2) is 11.5 Å². The smallest absolute Gasteiger partial charge is 0.290 e. The number of fused-ring (bicyclic) bond motifs is 1. The monoisotopic (exact) mass is 391 g/mol. The molecule has 1 aliphatic carbocycles. The van der Waals surface area contributed by atoms with Gasteiger partial charge in [-0.3, -0.25) is 9.59 Å². The number of rotatable bonds is 4. The fourth-order valence-electron chi connectivity index (χ4n) is 4.52. The maximum absolute atomic E-state index is 13.4. The molecule has 29 heavy (non-hydrogen) atoms. The van der Waals surface area contributed by atoms with E-state index in [4.69, 9.17) is 8.83 Å². The highest BCUT2D eigenvalue weighted by Crippen LogP contribution is 2.44. The Bertz CT molecular complexity index is 1110. The third-order valence-electron chi connectivity index (χ3n) is 5.89. The molecule has 3 aromatic rings. The number of benzene rings is 1. The van der Waals surface area contributed by atoms with Gasteiger partial charge in [0.05, 0.1) is 5.57 Å². The van der Waals surface area contributed by atoms with E-state index in [2.05, 4.69) is 0 Å². The van der Waals surface area contributed by atoms with Crippen molar-refractivity contribution in [2.75, 3.05) is 0 Å². The van der Waals surface area contributed by atoms with Crippen molar-refractivity contribution < 1.29 is 23.5 Å². The zero-order chi connectivity index (χ0) is 20.1. The normalized spacial score (nSPS) is 20.4. The quantitative estimate of drug-likeness (QED) is 0.643. The van der Waals surface area contributed by atoms with Crippen LogP contribution >= 0.6 is 0 Å². The molecule has 1 saturated carbocycles. The van der Waals surface area contributed by atoms with Crippen LogP contribution in [0.3, 0.4) is 0 Å². The molecule has 1 aromatic carbocycles. The van der Waals surface area contributed by atoms with E-state index in [1.54, 1.807) is 29.2 Å². The summed E-state index contributed by atoms with van der Waals surface area (Å²) in [5.41, 5.74) is 0.605. The van der Waals surface area contributed by atoms with Crippen molar-refractivity contribution in [1.82, 2.24) is 4.90 Å². The van der Waals surface area contributed by atoms with Gasteiger partial charge in [0, 0.05) is 11.4 Å². The van der Waals surface area contributed by atoms with E-state index < -0.39 is 23.5 Å². The fourth-order valence-corrected chi connectivity index (χ4v) is 4.52. The third kappa shape index (κ3) is 2.78. The second-order valence-electron chi connectivity index (χ2n) is 7.74. The van der Waals surface area contributed by atoms with E-state index in [1.807, 2.05) is 25.1 Å². The predicted octanol–water partition coefficient (Wildman–Crippen LogP) is 4.86. The number of ketones is 1. The second kappa shape index (κ2) is 6.65. The van der Waals surface area contributed by atoms with Crippen molar-refractivity contribution in [1.29, 1.82) is 0 Å². The molecule has 6 nitrogen and oxygen atoms in total. The lowest BCUT2D eigenvalue weighted by atomic mass is 9.98. The van der Waals surface area contributed by atoms with E-state index in [0.29, 0.717) is 17.1 Å². The molecule has 5 rings (SSSR count). The topological polar surface area (TPSA) is 83.9 Å². The average molecular weight is 391 g/mol. The largest absolute Gasteiger partial charge is 0.503 e. The van der Waals surface area contributed by atoms with Gasteiger partial charge in [-0.1, -0.05) is 31.0 Å². The molecular weight excluding hydrogens is 370 g/mol. The van der Waals surface area contributed by atoms with Gasteiger partial charge in [0.1, 0.15) is 23.1 Å². The van der Waals surface area contributed by atoms with Crippen molar-refractivity contribution in [2.45, 2.75) is 44.7 Å². The summed E-state index contributed by atoms with van der Waals surface area (Å²) in [6, 6.07) is 11.7. The van der Waals surface area contributed by atoms with Crippen LogP contribution in [-0.2, 0) is 4.79 Å². The summed E-state index contributed by atoms with van der Waals surface area (Å²) in [6.45, 7) is 1.81. The van der Waals surface area contributed by atoms with Gasteiger partial charge < -0.3 is 18.8 Å². The van der Waals surface area contributed by atoms with Crippen LogP contribution in [0.5, 0.6) is 0 Å². The summed E-state index contributed by atoms with van der Waals surface area (Å²) < 4.78 is 11.5. The molecule has 2 aliphatic rings. The van der Waals surface area contributed by atoms with Gasteiger partial charge in [-0.2, -0.15) is 0 Å². The molecule has 148 valence electrons. The Morgan fingerprint density at radius 1 is 1.10 bits per heavy atom. The van der Waals surface area contributed by atoms with Gasteiger partial charge in [-0.25, -0.2) is 0 Å². The summed E-state index contributed by atoms with van der Waals surface area (Å²) in [5.74, 6) is -0.266. The SMILES string of the molecule is Cc1ccc(C2C(C(=O)c3cc4ccccc4o3)=C(O)C(=O)N2C2CCCC2)o1. The van der Waals surface area contributed by atoms with Crippen molar-refractivity contribution >= 4 is 22.7 Å². The number of aliphatic hydroxyl groups excluding tert-OH is 1. The maximum atomic E-state index is 13.4. The molecule has 0 saturated heterocycles. The minimum absolute atomic E-state index is 0.0234. The number of aryl methyl sites for hydroxylation is 1.